The topological polar surface area (TPSA) is 43.4 Å². The molecule has 0 spiro atoms. The van der Waals surface area contributed by atoms with Crippen LogP contribution < -0.4 is 0 Å². The smallest absolute Gasteiger partial charge is 0.306 e. The molecule has 0 saturated carbocycles. The standard InChI is InChI=1S/C16H30O3/c1-4-6-8-10-15(11-9-7-5-2)19-16(18)13-12-14(3)17/h15H,4-13H2,1-3H3. The van der Waals surface area contributed by atoms with Crippen molar-refractivity contribution in [2.45, 2.75) is 91.1 Å². The van der Waals surface area contributed by atoms with E-state index in [1.807, 2.05) is 0 Å². The highest BCUT2D eigenvalue weighted by Gasteiger charge is 2.14. The van der Waals surface area contributed by atoms with Crippen LogP contribution in [0.5, 0.6) is 0 Å². The van der Waals surface area contributed by atoms with Gasteiger partial charge in [0, 0.05) is 6.42 Å². The predicted molar refractivity (Wildman–Crippen MR) is 78.1 cm³/mol. The van der Waals surface area contributed by atoms with E-state index in [-0.39, 0.29) is 24.3 Å². The number of ether oxygens (including phenoxy) is 1. The number of unbranched alkanes of at least 4 members (excludes halogenated alkanes) is 4. The molecule has 0 aliphatic heterocycles. The summed E-state index contributed by atoms with van der Waals surface area (Å²) in [5.41, 5.74) is 0. The van der Waals surface area contributed by atoms with Crippen LogP contribution in [0.2, 0.25) is 0 Å². The molecule has 0 fully saturated rings. The molecule has 0 rings (SSSR count). The minimum absolute atomic E-state index is 0.0467. The molecule has 0 N–H and O–H groups in total. The third kappa shape index (κ3) is 11.9. The quantitative estimate of drug-likeness (QED) is 0.389. The van der Waals surface area contributed by atoms with Crippen LogP contribution >= 0.6 is 0 Å². The summed E-state index contributed by atoms with van der Waals surface area (Å²) in [7, 11) is 0. The van der Waals surface area contributed by atoms with E-state index in [1.165, 1.54) is 32.6 Å². The third-order valence-corrected chi connectivity index (χ3v) is 3.24. The van der Waals surface area contributed by atoms with E-state index >= 15 is 0 Å². The summed E-state index contributed by atoms with van der Waals surface area (Å²) in [5.74, 6) is -0.168. The first-order valence-corrected chi connectivity index (χ1v) is 7.79. The van der Waals surface area contributed by atoms with E-state index in [1.54, 1.807) is 0 Å². The molecule has 0 aromatic heterocycles. The van der Waals surface area contributed by atoms with Gasteiger partial charge in [0.2, 0.25) is 0 Å². The number of hydrogen-bond acceptors (Lipinski definition) is 3. The van der Waals surface area contributed by atoms with Crippen molar-refractivity contribution in [3.05, 3.63) is 0 Å². The van der Waals surface area contributed by atoms with Crippen molar-refractivity contribution >= 4 is 11.8 Å². The van der Waals surface area contributed by atoms with E-state index in [0.29, 0.717) is 6.42 Å². The maximum atomic E-state index is 11.6. The van der Waals surface area contributed by atoms with Crippen molar-refractivity contribution in [3.8, 4) is 0 Å². The van der Waals surface area contributed by atoms with Crippen molar-refractivity contribution in [3.63, 3.8) is 0 Å². The molecule has 0 atom stereocenters. The van der Waals surface area contributed by atoms with Gasteiger partial charge in [-0.2, -0.15) is 0 Å². The Hall–Kier alpha value is -0.860. The number of esters is 1. The van der Waals surface area contributed by atoms with E-state index in [4.69, 9.17) is 4.74 Å². The summed E-state index contributed by atoms with van der Waals surface area (Å²) < 4.78 is 5.50. The molecule has 0 heterocycles. The Morgan fingerprint density at radius 1 is 0.895 bits per heavy atom. The molecule has 0 aromatic carbocycles. The molecule has 19 heavy (non-hydrogen) atoms. The van der Waals surface area contributed by atoms with Gasteiger partial charge in [0.05, 0.1) is 6.42 Å². The maximum absolute atomic E-state index is 11.6. The van der Waals surface area contributed by atoms with Crippen molar-refractivity contribution < 1.29 is 14.3 Å². The fraction of sp³-hybridized carbons (Fsp3) is 0.875. The van der Waals surface area contributed by atoms with E-state index in [0.717, 1.165) is 25.7 Å². The average molecular weight is 270 g/mol. The number of rotatable bonds is 12. The lowest BCUT2D eigenvalue weighted by Gasteiger charge is -2.17. The first-order valence-electron chi connectivity index (χ1n) is 7.79. The molecule has 0 bridgehead atoms. The monoisotopic (exact) mass is 270 g/mol. The summed E-state index contributed by atoms with van der Waals surface area (Å²) >= 11 is 0. The fourth-order valence-corrected chi connectivity index (χ4v) is 2.03. The SMILES string of the molecule is CCCCCC(CCCCC)OC(=O)CCC(C)=O. The van der Waals surface area contributed by atoms with Crippen LogP contribution in [0.25, 0.3) is 0 Å². The molecule has 0 aliphatic carbocycles. The zero-order valence-corrected chi connectivity index (χ0v) is 12.9. The Bertz CT molecular complexity index is 238. The zero-order valence-electron chi connectivity index (χ0n) is 12.9. The molecular formula is C16H30O3. The van der Waals surface area contributed by atoms with Crippen LogP contribution in [-0.4, -0.2) is 17.9 Å². The normalized spacial score (nSPS) is 10.7. The highest BCUT2D eigenvalue weighted by Crippen LogP contribution is 2.15. The molecule has 0 amide bonds. The van der Waals surface area contributed by atoms with Gasteiger partial charge in [-0.3, -0.25) is 4.79 Å². The predicted octanol–water partition coefficient (Wildman–Crippen LogP) is 4.43. The van der Waals surface area contributed by atoms with Crippen LogP contribution in [0.15, 0.2) is 0 Å². The van der Waals surface area contributed by atoms with Crippen LogP contribution in [0.1, 0.15) is 85.0 Å². The van der Waals surface area contributed by atoms with Gasteiger partial charge in [0.15, 0.2) is 0 Å². The van der Waals surface area contributed by atoms with Gasteiger partial charge in [0.25, 0.3) is 0 Å². The Labute approximate surface area is 118 Å². The third-order valence-electron chi connectivity index (χ3n) is 3.24. The highest BCUT2D eigenvalue weighted by molar-refractivity contribution is 5.81. The van der Waals surface area contributed by atoms with Crippen LogP contribution in [0, 0.1) is 0 Å². The van der Waals surface area contributed by atoms with Gasteiger partial charge in [-0.1, -0.05) is 39.5 Å². The largest absolute Gasteiger partial charge is 0.462 e. The Morgan fingerprint density at radius 2 is 1.42 bits per heavy atom. The van der Waals surface area contributed by atoms with Crippen molar-refractivity contribution in [2.24, 2.45) is 0 Å². The van der Waals surface area contributed by atoms with Gasteiger partial charge in [-0.05, 0) is 32.6 Å². The van der Waals surface area contributed by atoms with Gasteiger partial charge in [0.1, 0.15) is 11.9 Å². The molecule has 3 nitrogen and oxygen atoms in total. The average Bonchev–Trinajstić information content (AvgIpc) is 2.36. The molecule has 0 unspecified atom stereocenters. The number of carbonyl (C=O) groups is 2. The summed E-state index contributed by atoms with van der Waals surface area (Å²) in [6.45, 7) is 5.85. The summed E-state index contributed by atoms with van der Waals surface area (Å²) in [6, 6.07) is 0. The van der Waals surface area contributed by atoms with Crippen molar-refractivity contribution in [2.75, 3.05) is 0 Å². The lowest BCUT2D eigenvalue weighted by atomic mass is 10.0. The molecule has 112 valence electrons. The Kier molecular flexibility index (Phi) is 11.6. The van der Waals surface area contributed by atoms with Gasteiger partial charge >= 0.3 is 5.97 Å². The minimum atomic E-state index is -0.215. The molecule has 0 radical (unpaired) electrons. The lowest BCUT2D eigenvalue weighted by Crippen LogP contribution is -2.18. The molecule has 0 aliphatic rings. The minimum Gasteiger partial charge on any atom is -0.462 e. The maximum Gasteiger partial charge on any atom is 0.306 e. The van der Waals surface area contributed by atoms with Crippen molar-refractivity contribution in [1.29, 1.82) is 0 Å². The summed E-state index contributed by atoms with van der Waals surface area (Å²) in [4.78, 5) is 22.5. The lowest BCUT2D eigenvalue weighted by molar-refractivity contribution is -0.150. The molecule has 3 heteroatoms. The van der Waals surface area contributed by atoms with Crippen LogP contribution in [-0.2, 0) is 14.3 Å². The second-order valence-electron chi connectivity index (χ2n) is 5.31. The molecular weight excluding hydrogens is 240 g/mol. The Balaban J connectivity index is 3.99. The van der Waals surface area contributed by atoms with E-state index in [9.17, 15) is 9.59 Å². The van der Waals surface area contributed by atoms with Gasteiger partial charge in [-0.15, -0.1) is 0 Å². The number of hydrogen-bond donors (Lipinski definition) is 0. The fourth-order valence-electron chi connectivity index (χ4n) is 2.03. The van der Waals surface area contributed by atoms with Crippen LogP contribution in [0.3, 0.4) is 0 Å². The van der Waals surface area contributed by atoms with Gasteiger partial charge in [-0.25, -0.2) is 0 Å². The van der Waals surface area contributed by atoms with Crippen molar-refractivity contribution in [1.82, 2.24) is 0 Å². The van der Waals surface area contributed by atoms with Gasteiger partial charge < -0.3 is 9.53 Å². The molecule has 0 aromatic rings. The van der Waals surface area contributed by atoms with Crippen LogP contribution in [0.4, 0.5) is 0 Å². The zero-order chi connectivity index (χ0) is 14.5. The second kappa shape index (κ2) is 12.2. The van der Waals surface area contributed by atoms with E-state index < -0.39 is 0 Å². The summed E-state index contributed by atoms with van der Waals surface area (Å²) in [5, 5.41) is 0. The van der Waals surface area contributed by atoms with E-state index in [2.05, 4.69) is 13.8 Å². The first kappa shape index (κ1) is 18.1. The summed E-state index contributed by atoms with van der Waals surface area (Å²) in [6.07, 6.45) is 9.48. The number of ketones is 1. The number of carbonyl (C=O) groups excluding carboxylic acids is 2. The first-order chi connectivity index (χ1) is 9.10. The number of Topliss-reactive ketones (excluding diaryl/α,β-unsaturated/α-hetero) is 1. The highest BCUT2D eigenvalue weighted by atomic mass is 16.5. The second-order valence-corrected chi connectivity index (χ2v) is 5.31. The molecule has 0 saturated heterocycles. The Morgan fingerprint density at radius 3 is 1.84 bits per heavy atom.